The summed E-state index contributed by atoms with van der Waals surface area (Å²) in [5.41, 5.74) is 0. The summed E-state index contributed by atoms with van der Waals surface area (Å²) in [5.74, 6) is 0.962. The first kappa shape index (κ1) is 13.9. The zero-order valence-electron chi connectivity index (χ0n) is 10.7. The zero-order valence-corrected chi connectivity index (χ0v) is 11.5. The molecule has 0 spiro atoms. The first-order chi connectivity index (χ1) is 8.02. The van der Waals surface area contributed by atoms with Gasteiger partial charge in [-0.2, -0.15) is 4.37 Å². The molecule has 1 unspecified atom stereocenters. The average molecular weight is 257 g/mol. The van der Waals surface area contributed by atoms with Gasteiger partial charge in [-0.05, 0) is 13.8 Å². The van der Waals surface area contributed by atoms with E-state index in [1.165, 1.54) is 11.5 Å². The highest BCUT2D eigenvalue weighted by Crippen LogP contribution is 2.18. The number of hydrogen-bond acceptors (Lipinski definition) is 6. The van der Waals surface area contributed by atoms with E-state index in [9.17, 15) is 4.79 Å². The van der Waals surface area contributed by atoms with Gasteiger partial charge >= 0.3 is 5.97 Å². The number of carbonyl (C=O) groups excluding carboxylic acids is 1. The summed E-state index contributed by atoms with van der Waals surface area (Å²) < 4.78 is 9.12. The van der Waals surface area contributed by atoms with Crippen LogP contribution in [0.25, 0.3) is 0 Å². The molecule has 96 valence electrons. The van der Waals surface area contributed by atoms with Crippen molar-refractivity contribution in [1.29, 1.82) is 0 Å². The van der Waals surface area contributed by atoms with Crippen LogP contribution in [0.4, 0.5) is 5.13 Å². The van der Waals surface area contributed by atoms with Crippen LogP contribution in [-0.4, -0.2) is 28.0 Å². The smallest absolute Gasteiger partial charge is 0.307 e. The molecule has 0 aliphatic carbocycles. The number of anilines is 1. The molecule has 1 rings (SSSR count). The number of ether oxygens (including phenoxy) is 1. The van der Waals surface area contributed by atoms with E-state index in [1.807, 2.05) is 20.8 Å². The highest BCUT2D eigenvalue weighted by molar-refractivity contribution is 7.09. The molecule has 0 aliphatic heterocycles. The molecular weight excluding hydrogens is 238 g/mol. The molecule has 0 radical (unpaired) electrons. The minimum atomic E-state index is -0.193. The standard InChI is InChI=1S/C11H19N3O2S/c1-5-16-9(15)6-8(4)12-11-13-10(7(2)3)14-17-11/h7-8H,5-6H2,1-4H3,(H,12,13,14). The zero-order chi connectivity index (χ0) is 12.8. The van der Waals surface area contributed by atoms with Crippen molar-refractivity contribution in [2.45, 2.75) is 46.1 Å². The van der Waals surface area contributed by atoms with Gasteiger partial charge in [-0.15, -0.1) is 0 Å². The van der Waals surface area contributed by atoms with E-state index in [2.05, 4.69) is 14.7 Å². The molecule has 0 saturated heterocycles. The lowest BCUT2D eigenvalue weighted by Gasteiger charge is -2.11. The van der Waals surface area contributed by atoms with E-state index in [-0.39, 0.29) is 12.0 Å². The van der Waals surface area contributed by atoms with Crippen LogP contribution in [-0.2, 0) is 9.53 Å². The van der Waals surface area contributed by atoms with Gasteiger partial charge in [0.2, 0.25) is 5.13 Å². The lowest BCUT2D eigenvalue weighted by atomic mass is 10.2. The molecule has 6 heteroatoms. The maximum Gasteiger partial charge on any atom is 0.307 e. The second-order valence-electron chi connectivity index (χ2n) is 4.17. The normalized spacial score (nSPS) is 12.5. The number of aromatic nitrogens is 2. The molecule has 1 aromatic heterocycles. The SMILES string of the molecule is CCOC(=O)CC(C)Nc1nc(C(C)C)ns1. The first-order valence-corrected chi connectivity index (χ1v) is 6.56. The molecule has 0 bridgehead atoms. The van der Waals surface area contributed by atoms with Crippen molar-refractivity contribution in [3.63, 3.8) is 0 Å². The summed E-state index contributed by atoms with van der Waals surface area (Å²) in [6.45, 7) is 8.24. The van der Waals surface area contributed by atoms with Gasteiger partial charge < -0.3 is 10.1 Å². The third-order valence-corrected chi connectivity index (χ3v) is 2.77. The lowest BCUT2D eigenvalue weighted by Crippen LogP contribution is -2.20. The van der Waals surface area contributed by atoms with Crippen molar-refractivity contribution in [1.82, 2.24) is 9.36 Å². The van der Waals surface area contributed by atoms with Gasteiger partial charge in [0.15, 0.2) is 0 Å². The van der Waals surface area contributed by atoms with Gasteiger partial charge in [-0.3, -0.25) is 4.79 Å². The second-order valence-corrected chi connectivity index (χ2v) is 4.92. The summed E-state index contributed by atoms with van der Waals surface area (Å²) in [5, 5.41) is 3.91. The highest BCUT2D eigenvalue weighted by atomic mass is 32.1. The van der Waals surface area contributed by atoms with Crippen LogP contribution in [0.5, 0.6) is 0 Å². The molecule has 0 aromatic carbocycles. The molecular formula is C11H19N3O2S. The molecule has 0 amide bonds. The van der Waals surface area contributed by atoms with Crippen LogP contribution in [0, 0.1) is 0 Å². The minimum absolute atomic E-state index is 0.00186. The molecule has 0 aliphatic rings. The lowest BCUT2D eigenvalue weighted by molar-refractivity contribution is -0.143. The van der Waals surface area contributed by atoms with Crippen molar-refractivity contribution in [3.05, 3.63) is 5.82 Å². The van der Waals surface area contributed by atoms with Crippen molar-refractivity contribution in [2.24, 2.45) is 0 Å². The number of carbonyl (C=O) groups is 1. The Morgan fingerprint density at radius 3 is 2.71 bits per heavy atom. The van der Waals surface area contributed by atoms with E-state index in [0.29, 0.717) is 18.9 Å². The van der Waals surface area contributed by atoms with Crippen LogP contribution in [0.1, 0.15) is 45.9 Å². The van der Waals surface area contributed by atoms with Crippen molar-refractivity contribution in [3.8, 4) is 0 Å². The Morgan fingerprint density at radius 1 is 1.47 bits per heavy atom. The van der Waals surface area contributed by atoms with Crippen LogP contribution < -0.4 is 5.32 Å². The average Bonchev–Trinajstić information content (AvgIpc) is 2.66. The van der Waals surface area contributed by atoms with Crippen molar-refractivity contribution >= 4 is 22.6 Å². The van der Waals surface area contributed by atoms with Crippen LogP contribution in [0.3, 0.4) is 0 Å². The Morgan fingerprint density at radius 2 is 2.18 bits per heavy atom. The van der Waals surface area contributed by atoms with Crippen molar-refractivity contribution in [2.75, 3.05) is 11.9 Å². The third kappa shape index (κ3) is 4.68. The Bertz CT molecular complexity index is 365. The van der Waals surface area contributed by atoms with Crippen LogP contribution >= 0.6 is 11.5 Å². The quantitative estimate of drug-likeness (QED) is 0.793. The first-order valence-electron chi connectivity index (χ1n) is 5.78. The summed E-state index contributed by atoms with van der Waals surface area (Å²) in [4.78, 5) is 15.6. The molecule has 17 heavy (non-hydrogen) atoms. The number of nitrogens with zero attached hydrogens (tertiary/aromatic N) is 2. The highest BCUT2D eigenvalue weighted by Gasteiger charge is 2.13. The molecule has 1 heterocycles. The van der Waals surface area contributed by atoms with E-state index in [0.717, 1.165) is 11.0 Å². The molecule has 5 nitrogen and oxygen atoms in total. The predicted molar refractivity (Wildman–Crippen MR) is 68.3 cm³/mol. The van der Waals surface area contributed by atoms with Gasteiger partial charge in [0.1, 0.15) is 5.82 Å². The summed E-state index contributed by atoms with van der Waals surface area (Å²) >= 11 is 1.32. The van der Waals surface area contributed by atoms with E-state index in [1.54, 1.807) is 6.92 Å². The van der Waals surface area contributed by atoms with E-state index >= 15 is 0 Å². The molecule has 0 saturated carbocycles. The topological polar surface area (TPSA) is 64.1 Å². The fourth-order valence-electron chi connectivity index (χ4n) is 1.26. The van der Waals surface area contributed by atoms with Gasteiger partial charge in [-0.1, -0.05) is 13.8 Å². The van der Waals surface area contributed by atoms with Crippen LogP contribution in [0.15, 0.2) is 0 Å². The molecule has 1 N–H and O–H groups in total. The summed E-state index contributed by atoms with van der Waals surface area (Å²) in [6.07, 6.45) is 0.338. The number of hydrogen-bond donors (Lipinski definition) is 1. The van der Waals surface area contributed by atoms with Crippen LogP contribution in [0.2, 0.25) is 0 Å². The number of rotatable bonds is 6. The third-order valence-electron chi connectivity index (χ3n) is 2.11. The molecule has 0 fully saturated rings. The predicted octanol–water partition coefficient (Wildman–Crippen LogP) is 2.42. The van der Waals surface area contributed by atoms with Crippen molar-refractivity contribution < 1.29 is 9.53 Å². The monoisotopic (exact) mass is 257 g/mol. The summed E-state index contributed by atoms with van der Waals surface area (Å²) in [6, 6.07) is 0.00186. The molecule has 1 aromatic rings. The second kappa shape index (κ2) is 6.54. The Balaban J connectivity index is 2.44. The minimum Gasteiger partial charge on any atom is -0.466 e. The number of esters is 1. The maximum absolute atomic E-state index is 11.3. The van der Waals surface area contributed by atoms with Gasteiger partial charge in [0.05, 0.1) is 13.0 Å². The summed E-state index contributed by atoms with van der Waals surface area (Å²) in [7, 11) is 0. The Hall–Kier alpha value is -1.17. The number of nitrogens with one attached hydrogen (secondary N) is 1. The Kier molecular flexibility index (Phi) is 5.34. The Labute approximate surface area is 106 Å². The largest absolute Gasteiger partial charge is 0.466 e. The van der Waals surface area contributed by atoms with E-state index in [4.69, 9.17) is 4.74 Å². The van der Waals surface area contributed by atoms with Gasteiger partial charge in [0.25, 0.3) is 0 Å². The van der Waals surface area contributed by atoms with Gasteiger partial charge in [0, 0.05) is 23.5 Å². The maximum atomic E-state index is 11.3. The fraction of sp³-hybridized carbons (Fsp3) is 0.727. The fourth-order valence-corrected chi connectivity index (χ4v) is 2.08. The molecule has 1 atom stereocenters. The van der Waals surface area contributed by atoms with Gasteiger partial charge in [-0.25, -0.2) is 4.98 Å². The van der Waals surface area contributed by atoms with E-state index < -0.39 is 0 Å².